The first kappa shape index (κ1) is 14.6. The first-order chi connectivity index (χ1) is 10.4. The van der Waals surface area contributed by atoms with Crippen LogP contribution in [-0.2, 0) is 11.2 Å². The lowest BCUT2D eigenvalue weighted by atomic mass is 10.1. The van der Waals surface area contributed by atoms with E-state index in [2.05, 4.69) is 47.3 Å². The number of nitrogens with zero attached hydrogens (tertiary/aromatic N) is 1. The molecule has 2 heterocycles. The molecule has 1 aliphatic heterocycles. The van der Waals surface area contributed by atoms with E-state index in [0.717, 1.165) is 26.0 Å². The van der Waals surface area contributed by atoms with Crippen molar-refractivity contribution in [3.8, 4) is 0 Å². The van der Waals surface area contributed by atoms with E-state index in [1.165, 1.54) is 42.4 Å². The third-order valence-corrected chi connectivity index (χ3v) is 4.46. The fourth-order valence-corrected chi connectivity index (χ4v) is 3.20. The van der Waals surface area contributed by atoms with Crippen LogP contribution in [0.15, 0.2) is 30.5 Å². The van der Waals surface area contributed by atoms with Gasteiger partial charge in [-0.15, -0.1) is 0 Å². The summed E-state index contributed by atoms with van der Waals surface area (Å²) < 4.78 is 5.86. The van der Waals surface area contributed by atoms with Crippen molar-refractivity contribution in [3.63, 3.8) is 0 Å². The summed E-state index contributed by atoms with van der Waals surface area (Å²) in [4.78, 5) is 5.94. The van der Waals surface area contributed by atoms with Gasteiger partial charge in [0.1, 0.15) is 0 Å². The lowest BCUT2D eigenvalue weighted by Gasteiger charge is -2.31. The van der Waals surface area contributed by atoms with Crippen molar-refractivity contribution >= 4 is 10.9 Å². The van der Waals surface area contributed by atoms with Gasteiger partial charge in [0.05, 0.1) is 6.10 Å². The standard InChI is InChI=1S/C18H26N2O/c1-2-13-21-16-8-11-20(12-9-16)10-7-15-14-19-18-6-4-3-5-17(15)18/h3-6,14,16,19H,2,7-13H2,1H3. The number of piperidine rings is 1. The molecule has 3 rings (SSSR count). The molecule has 0 unspecified atom stereocenters. The number of rotatable bonds is 6. The van der Waals surface area contributed by atoms with E-state index in [9.17, 15) is 0 Å². The van der Waals surface area contributed by atoms with Gasteiger partial charge in [-0.25, -0.2) is 0 Å². The molecule has 2 aromatic rings. The summed E-state index contributed by atoms with van der Waals surface area (Å²) in [7, 11) is 0. The Morgan fingerprint density at radius 3 is 2.86 bits per heavy atom. The number of fused-ring (bicyclic) bond motifs is 1. The van der Waals surface area contributed by atoms with E-state index in [-0.39, 0.29) is 0 Å². The second-order valence-corrected chi connectivity index (χ2v) is 6.02. The van der Waals surface area contributed by atoms with Gasteiger partial charge in [0.25, 0.3) is 0 Å². The highest BCUT2D eigenvalue weighted by molar-refractivity contribution is 5.83. The second-order valence-electron chi connectivity index (χ2n) is 6.02. The summed E-state index contributed by atoms with van der Waals surface area (Å²) in [5.41, 5.74) is 2.69. The number of ether oxygens (including phenoxy) is 1. The van der Waals surface area contributed by atoms with Crippen molar-refractivity contribution < 1.29 is 4.74 Å². The van der Waals surface area contributed by atoms with Gasteiger partial charge in [-0.2, -0.15) is 0 Å². The Hall–Kier alpha value is -1.32. The molecule has 1 aliphatic rings. The monoisotopic (exact) mass is 286 g/mol. The zero-order chi connectivity index (χ0) is 14.5. The van der Waals surface area contributed by atoms with E-state index < -0.39 is 0 Å². The third kappa shape index (κ3) is 3.66. The summed E-state index contributed by atoms with van der Waals surface area (Å²) >= 11 is 0. The van der Waals surface area contributed by atoms with E-state index in [4.69, 9.17) is 4.74 Å². The van der Waals surface area contributed by atoms with Crippen LogP contribution in [-0.4, -0.2) is 42.2 Å². The van der Waals surface area contributed by atoms with E-state index in [1.807, 2.05) is 0 Å². The molecule has 21 heavy (non-hydrogen) atoms. The molecule has 1 saturated heterocycles. The van der Waals surface area contributed by atoms with Crippen LogP contribution < -0.4 is 0 Å². The third-order valence-electron chi connectivity index (χ3n) is 4.46. The Morgan fingerprint density at radius 1 is 1.24 bits per heavy atom. The van der Waals surface area contributed by atoms with Crippen LogP contribution in [0.3, 0.4) is 0 Å². The molecule has 1 aromatic carbocycles. The minimum Gasteiger partial charge on any atom is -0.378 e. The lowest BCUT2D eigenvalue weighted by Crippen LogP contribution is -2.38. The molecular formula is C18H26N2O. The summed E-state index contributed by atoms with van der Waals surface area (Å²) in [6.07, 6.45) is 7.30. The lowest BCUT2D eigenvalue weighted by molar-refractivity contribution is 0.00818. The molecule has 0 radical (unpaired) electrons. The van der Waals surface area contributed by atoms with Crippen LogP contribution in [0, 0.1) is 0 Å². The van der Waals surface area contributed by atoms with Crippen LogP contribution in [0.25, 0.3) is 10.9 Å². The molecule has 0 aliphatic carbocycles. The molecule has 0 amide bonds. The van der Waals surface area contributed by atoms with Crippen LogP contribution in [0.5, 0.6) is 0 Å². The summed E-state index contributed by atoms with van der Waals surface area (Å²) in [6.45, 7) is 6.60. The number of aromatic amines is 1. The molecule has 3 nitrogen and oxygen atoms in total. The average molecular weight is 286 g/mol. The van der Waals surface area contributed by atoms with Gasteiger partial charge in [0, 0.05) is 43.3 Å². The highest BCUT2D eigenvalue weighted by Crippen LogP contribution is 2.19. The highest BCUT2D eigenvalue weighted by Gasteiger charge is 2.19. The molecule has 3 heteroatoms. The maximum absolute atomic E-state index is 5.86. The molecule has 1 aromatic heterocycles. The number of para-hydroxylation sites is 1. The molecule has 0 saturated carbocycles. The van der Waals surface area contributed by atoms with Crippen LogP contribution >= 0.6 is 0 Å². The fourth-order valence-electron chi connectivity index (χ4n) is 3.20. The van der Waals surface area contributed by atoms with Gasteiger partial charge in [0.15, 0.2) is 0 Å². The smallest absolute Gasteiger partial charge is 0.0599 e. The number of likely N-dealkylation sites (tertiary alicyclic amines) is 1. The SMILES string of the molecule is CCCOC1CCN(CCc2c[nH]c3ccccc23)CC1. The van der Waals surface area contributed by atoms with Gasteiger partial charge in [-0.05, 0) is 37.3 Å². The molecule has 0 atom stereocenters. The Morgan fingerprint density at radius 2 is 2.05 bits per heavy atom. The van der Waals surface area contributed by atoms with Gasteiger partial charge < -0.3 is 14.6 Å². The quantitative estimate of drug-likeness (QED) is 0.879. The van der Waals surface area contributed by atoms with Crippen molar-refractivity contribution in [2.24, 2.45) is 0 Å². The normalized spacial score (nSPS) is 17.6. The minimum atomic E-state index is 0.495. The van der Waals surface area contributed by atoms with Crippen molar-refractivity contribution in [3.05, 3.63) is 36.0 Å². The van der Waals surface area contributed by atoms with Gasteiger partial charge in [-0.1, -0.05) is 25.1 Å². The Kier molecular flexibility index (Phi) is 4.94. The molecule has 0 spiro atoms. The van der Waals surface area contributed by atoms with Crippen molar-refractivity contribution in [2.45, 2.75) is 38.7 Å². The molecular weight excluding hydrogens is 260 g/mol. The molecule has 1 N–H and O–H groups in total. The van der Waals surface area contributed by atoms with Gasteiger partial charge >= 0.3 is 0 Å². The van der Waals surface area contributed by atoms with Gasteiger partial charge in [-0.3, -0.25) is 0 Å². The maximum atomic E-state index is 5.86. The predicted octanol–water partition coefficient (Wildman–Crippen LogP) is 3.60. The van der Waals surface area contributed by atoms with E-state index in [0.29, 0.717) is 6.10 Å². The number of aromatic nitrogens is 1. The van der Waals surface area contributed by atoms with Gasteiger partial charge in [0.2, 0.25) is 0 Å². The van der Waals surface area contributed by atoms with E-state index >= 15 is 0 Å². The Balaban J connectivity index is 1.48. The molecule has 0 bridgehead atoms. The Labute approximate surface area is 127 Å². The topological polar surface area (TPSA) is 28.3 Å². The summed E-state index contributed by atoms with van der Waals surface area (Å²) in [5.74, 6) is 0. The van der Waals surface area contributed by atoms with Crippen molar-refractivity contribution in [1.82, 2.24) is 9.88 Å². The average Bonchev–Trinajstić information content (AvgIpc) is 2.95. The number of benzene rings is 1. The molecule has 114 valence electrons. The highest BCUT2D eigenvalue weighted by atomic mass is 16.5. The van der Waals surface area contributed by atoms with Crippen LogP contribution in [0.4, 0.5) is 0 Å². The number of hydrogen-bond donors (Lipinski definition) is 1. The second kappa shape index (κ2) is 7.10. The van der Waals surface area contributed by atoms with Crippen molar-refractivity contribution in [1.29, 1.82) is 0 Å². The van der Waals surface area contributed by atoms with Crippen LogP contribution in [0.1, 0.15) is 31.7 Å². The number of hydrogen-bond acceptors (Lipinski definition) is 2. The number of nitrogens with one attached hydrogen (secondary N) is 1. The maximum Gasteiger partial charge on any atom is 0.0599 e. The number of H-pyrrole nitrogens is 1. The van der Waals surface area contributed by atoms with Crippen LogP contribution in [0.2, 0.25) is 0 Å². The summed E-state index contributed by atoms with van der Waals surface area (Å²) in [6, 6.07) is 8.57. The first-order valence-electron chi connectivity index (χ1n) is 8.25. The molecule has 1 fully saturated rings. The largest absolute Gasteiger partial charge is 0.378 e. The summed E-state index contributed by atoms with van der Waals surface area (Å²) in [5, 5.41) is 1.37. The minimum absolute atomic E-state index is 0.495. The first-order valence-corrected chi connectivity index (χ1v) is 8.25. The van der Waals surface area contributed by atoms with Crippen molar-refractivity contribution in [2.75, 3.05) is 26.2 Å². The Bertz CT molecular complexity index is 555. The predicted molar refractivity (Wildman–Crippen MR) is 87.7 cm³/mol. The van der Waals surface area contributed by atoms with E-state index in [1.54, 1.807) is 0 Å². The fraction of sp³-hybridized carbons (Fsp3) is 0.556. The zero-order valence-electron chi connectivity index (χ0n) is 13.0. The zero-order valence-corrected chi connectivity index (χ0v) is 13.0.